The topological polar surface area (TPSA) is 85.3 Å². The molecule has 1 amide bonds. The highest BCUT2D eigenvalue weighted by Crippen LogP contribution is 2.33. The van der Waals surface area contributed by atoms with E-state index in [4.69, 9.17) is 9.05 Å². The zero-order valence-electron chi connectivity index (χ0n) is 14.8. The van der Waals surface area contributed by atoms with Gasteiger partial charge in [0.25, 0.3) is 5.91 Å². The molecule has 0 N–H and O–H groups in total. The number of nitrogens with zero attached hydrogens (tertiary/aromatic N) is 4. The average Bonchev–Trinajstić information content (AvgIpc) is 3.35. The molecule has 1 aliphatic carbocycles. The minimum atomic E-state index is -0.00161. The monoisotopic (exact) mass is 344 g/mol. The molecule has 7 nitrogen and oxygen atoms in total. The van der Waals surface area contributed by atoms with Crippen molar-refractivity contribution in [1.82, 2.24) is 20.2 Å². The molecule has 0 spiro atoms. The Morgan fingerprint density at radius 2 is 1.92 bits per heavy atom. The summed E-state index contributed by atoms with van der Waals surface area (Å²) < 4.78 is 10.6. The average molecular weight is 344 g/mol. The Kier molecular flexibility index (Phi) is 4.31. The van der Waals surface area contributed by atoms with Gasteiger partial charge in [-0.15, -0.1) is 0 Å². The van der Waals surface area contributed by atoms with E-state index in [9.17, 15) is 4.79 Å². The maximum atomic E-state index is 12.9. The van der Waals surface area contributed by atoms with E-state index >= 15 is 0 Å². The molecule has 7 heteroatoms. The van der Waals surface area contributed by atoms with E-state index < -0.39 is 0 Å². The summed E-state index contributed by atoms with van der Waals surface area (Å²) in [6.45, 7) is 4.34. The second-order valence-corrected chi connectivity index (χ2v) is 7.23. The van der Waals surface area contributed by atoms with Crippen molar-refractivity contribution < 1.29 is 13.8 Å². The van der Waals surface area contributed by atoms with E-state index in [2.05, 4.69) is 15.3 Å². The van der Waals surface area contributed by atoms with Gasteiger partial charge < -0.3 is 13.9 Å². The van der Waals surface area contributed by atoms with E-state index in [0.717, 1.165) is 38.1 Å². The first-order chi connectivity index (χ1) is 12.1. The number of amides is 1. The fraction of sp³-hybridized carbons (Fsp3) is 0.667. The molecule has 3 heterocycles. The molecule has 2 aromatic heterocycles. The Morgan fingerprint density at radius 3 is 2.64 bits per heavy atom. The van der Waals surface area contributed by atoms with E-state index in [-0.39, 0.29) is 11.9 Å². The molecule has 1 saturated carbocycles. The number of aromatic nitrogens is 3. The standard InChI is InChI=1S/C18H24N4O3/c1-11-16(12(2)24-20-11)18(23)22-9-5-8-14(22)10-15-19-17(25-21-15)13-6-3-4-7-13/h13-14H,3-10H2,1-2H3. The molecule has 0 radical (unpaired) electrons. The first kappa shape index (κ1) is 16.3. The lowest BCUT2D eigenvalue weighted by atomic mass is 10.1. The molecule has 2 aromatic rings. The molecule has 1 unspecified atom stereocenters. The zero-order chi connectivity index (χ0) is 17.4. The van der Waals surface area contributed by atoms with Gasteiger partial charge in [-0.1, -0.05) is 23.2 Å². The van der Waals surface area contributed by atoms with Crippen LogP contribution in [0.1, 0.15) is 78.0 Å². The summed E-state index contributed by atoms with van der Waals surface area (Å²) in [6.07, 6.45) is 7.36. The van der Waals surface area contributed by atoms with Crippen LogP contribution in [0.2, 0.25) is 0 Å². The fourth-order valence-corrected chi connectivity index (χ4v) is 4.15. The lowest BCUT2D eigenvalue weighted by molar-refractivity contribution is 0.0732. The van der Waals surface area contributed by atoms with E-state index in [1.54, 1.807) is 6.92 Å². The van der Waals surface area contributed by atoms with E-state index in [0.29, 0.717) is 35.2 Å². The molecular formula is C18H24N4O3. The van der Waals surface area contributed by atoms with Gasteiger partial charge in [0.15, 0.2) is 5.82 Å². The zero-order valence-corrected chi connectivity index (χ0v) is 14.8. The highest BCUT2D eigenvalue weighted by Gasteiger charge is 2.33. The summed E-state index contributed by atoms with van der Waals surface area (Å²) >= 11 is 0. The molecule has 1 saturated heterocycles. The van der Waals surface area contributed by atoms with Crippen molar-refractivity contribution in [2.75, 3.05) is 6.54 Å². The SMILES string of the molecule is Cc1noc(C)c1C(=O)N1CCCC1Cc1noc(C2CCCC2)n1. The van der Waals surface area contributed by atoms with Gasteiger partial charge in [0.05, 0.1) is 5.69 Å². The minimum Gasteiger partial charge on any atom is -0.361 e. The Morgan fingerprint density at radius 1 is 1.12 bits per heavy atom. The van der Waals surface area contributed by atoms with Crippen molar-refractivity contribution in [1.29, 1.82) is 0 Å². The molecule has 2 fully saturated rings. The number of likely N-dealkylation sites (tertiary alicyclic amines) is 1. The lowest BCUT2D eigenvalue weighted by Gasteiger charge is -2.23. The summed E-state index contributed by atoms with van der Waals surface area (Å²) in [7, 11) is 0. The third-order valence-electron chi connectivity index (χ3n) is 5.49. The third kappa shape index (κ3) is 3.07. The highest BCUT2D eigenvalue weighted by molar-refractivity contribution is 5.96. The van der Waals surface area contributed by atoms with Gasteiger partial charge in [-0.2, -0.15) is 4.98 Å². The smallest absolute Gasteiger partial charge is 0.259 e. The molecular weight excluding hydrogens is 320 g/mol. The molecule has 1 atom stereocenters. The maximum Gasteiger partial charge on any atom is 0.259 e. The van der Waals surface area contributed by atoms with Crippen LogP contribution in [0.3, 0.4) is 0 Å². The van der Waals surface area contributed by atoms with Crippen LogP contribution in [0.5, 0.6) is 0 Å². The minimum absolute atomic E-state index is 0.00161. The largest absolute Gasteiger partial charge is 0.361 e. The van der Waals surface area contributed by atoms with Gasteiger partial charge >= 0.3 is 0 Å². The van der Waals surface area contributed by atoms with Gasteiger partial charge in [-0.05, 0) is 39.5 Å². The van der Waals surface area contributed by atoms with Gasteiger partial charge in [0.1, 0.15) is 11.3 Å². The molecule has 4 rings (SSSR count). The van der Waals surface area contributed by atoms with Gasteiger partial charge in [-0.25, -0.2) is 0 Å². The van der Waals surface area contributed by atoms with Crippen molar-refractivity contribution in [3.8, 4) is 0 Å². The number of hydrogen-bond donors (Lipinski definition) is 0. The van der Waals surface area contributed by atoms with Gasteiger partial charge in [0, 0.05) is 24.9 Å². The Hall–Kier alpha value is -2.18. The number of carbonyl (C=O) groups is 1. The van der Waals surface area contributed by atoms with Crippen molar-refractivity contribution >= 4 is 5.91 Å². The Bertz CT molecular complexity index is 741. The van der Waals surface area contributed by atoms with Crippen LogP contribution in [0, 0.1) is 13.8 Å². The van der Waals surface area contributed by atoms with Crippen LogP contribution in [0.4, 0.5) is 0 Å². The van der Waals surface area contributed by atoms with Crippen LogP contribution in [0.15, 0.2) is 9.05 Å². The van der Waals surface area contributed by atoms with Gasteiger partial charge in [0.2, 0.25) is 5.89 Å². The number of aryl methyl sites for hydroxylation is 2. The van der Waals surface area contributed by atoms with Crippen molar-refractivity contribution in [2.45, 2.75) is 70.8 Å². The van der Waals surface area contributed by atoms with Gasteiger partial charge in [-0.3, -0.25) is 4.79 Å². The van der Waals surface area contributed by atoms with E-state index in [1.807, 2.05) is 11.8 Å². The first-order valence-corrected chi connectivity index (χ1v) is 9.20. The molecule has 0 aromatic carbocycles. The normalized spacial score (nSPS) is 21.4. The van der Waals surface area contributed by atoms with Crippen molar-refractivity contribution in [3.05, 3.63) is 28.7 Å². The lowest BCUT2D eigenvalue weighted by Crippen LogP contribution is -2.37. The Balaban J connectivity index is 1.47. The predicted octanol–water partition coefficient (Wildman–Crippen LogP) is 3.18. The number of rotatable bonds is 4. The molecule has 134 valence electrons. The second kappa shape index (κ2) is 6.61. The van der Waals surface area contributed by atoms with Crippen LogP contribution in [-0.4, -0.2) is 38.7 Å². The van der Waals surface area contributed by atoms with Crippen LogP contribution < -0.4 is 0 Å². The summed E-state index contributed by atoms with van der Waals surface area (Å²) in [5.74, 6) is 2.49. The van der Waals surface area contributed by atoms with Crippen LogP contribution in [-0.2, 0) is 6.42 Å². The Labute approximate surface area is 146 Å². The second-order valence-electron chi connectivity index (χ2n) is 7.23. The summed E-state index contributed by atoms with van der Waals surface area (Å²) in [5, 5.41) is 8.06. The quantitative estimate of drug-likeness (QED) is 0.847. The molecule has 25 heavy (non-hydrogen) atoms. The van der Waals surface area contributed by atoms with Crippen LogP contribution in [0.25, 0.3) is 0 Å². The molecule has 2 aliphatic rings. The summed E-state index contributed by atoms with van der Waals surface area (Å²) in [5.41, 5.74) is 1.24. The maximum absolute atomic E-state index is 12.9. The van der Waals surface area contributed by atoms with Crippen molar-refractivity contribution in [2.24, 2.45) is 0 Å². The summed E-state index contributed by atoms with van der Waals surface area (Å²) in [4.78, 5) is 19.4. The van der Waals surface area contributed by atoms with Crippen molar-refractivity contribution in [3.63, 3.8) is 0 Å². The number of carbonyl (C=O) groups excluding carboxylic acids is 1. The molecule has 0 bridgehead atoms. The fourth-order valence-electron chi connectivity index (χ4n) is 4.15. The number of hydrogen-bond acceptors (Lipinski definition) is 6. The van der Waals surface area contributed by atoms with E-state index in [1.165, 1.54) is 12.8 Å². The van der Waals surface area contributed by atoms with Crippen LogP contribution >= 0.6 is 0 Å². The highest BCUT2D eigenvalue weighted by atomic mass is 16.5. The molecule has 1 aliphatic heterocycles. The third-order valence-corrected chi connectivity index (χ3v) is 5.49. The first-order valence-electron chi connectivity index (χ1n) is 9.20. The predicted molar refractivity (Wildman–Crippen MR) is 89.2 cm³/mol. The summed E-state index contributed by atoms with van der Waals surface area (Å²) in [6, 6.07) is 0.107.